The molecule has 2 atom stereocenters. The number of benzene rings is 1. The lowest BCUT2D eigenvalue weighted by Gasteiger charge is -2.40. The van der Waals surface area contributed by atoms with Crippen LogP contribution in [0.25, 0.3) is 0 Å². The maximum atomic E-state index is 12.8. The van der Waals surface area contributed by atoms with Crippen LogP contribution in [0.15, 0.2) is 29.3 Å². The molecule has 2 heterocycles. The van der Waals surface area contributed by atoms with Crippen molar-refractivity contribution in [3.8, 4) is 5.75 Å². The fourth-order valence-corrected chi connectivity index (χ4v) is 4.65. The van der Waals surface area contributed by atoms with Gasteiger partial charge in [0, 0.05) is 52.9 Å². The number of carbonyl (C=O) groups excluding carboxylic acids is 1. The highest BCUT2D eigenvalue weighted by molar-refractivity contribution is 5.82. The molecule has 178 valence electrons. The lowest BCUT2D eigenvalue weighted by Crippen LogP contribution is -2.57. The van der Waals surface area contributed by atoms with E-state index in [0.717, 1.165) is 70.4 Å². The number of amides is 1. The second-order valence-corrected chi connectivity index (χ2v) is 8.92. The number of piperazine rings is 1. The Hall–Kier alpha value is -2.32. The van der Waals surface area contributed by atoms with Crippen LogP contribution >= 0.6 is 0 Å². The summed E-state index contributed by atoms with van der Waals surface area (Å²) in [6.45, 7) is 8.10. The van der Waals surface area contributed by atoms with Crippen molar-refractivity contribution >= 4 is 11.9 Å². The van der Waals surface area contributed by atoms with Gasteiger partial charge in [-0.05, 0) is 51.6 Å². The minimum absolute atomic E-state index is 0.0450. The number of nitrogens with zero attached hydrogens (tertiary/aromatic N) is 5. The van der Waals surface area contributed by atoms with Gasteiger partial charge in [0.15, 0.2) is 5.96 Å². The standard InChI is InChI=1S/C24H40N6O2/c1-19(23(31)29-11-6-7-12-29)28-13-15-30(16-14-28)24(25-2)26-18-22(27(3)4)20-9-8-10-21(17-20)32-5/h8-10,17,19,22H,6-7,11-16,18H2,1-5H3,(H,25,26). The number of ether oxygens (including phenoxy) is 1. The van der Waals surface area contributed by atoms with E-state index in [0.29, 0.717) is 0 Å². The fraction of sp³-hybridized carbons (Fsp3) is 0.667. The van der Waals surface area contributed by atoms with Crippen molar-refractivity contribution in [2.24, 2.45) is 4.99 Å². The second-order valence-electron chi connectivity index (χ2n) is 8.92. The topological polar surface area (TPSA) is 63.7 Å². The lowest BCUT2D eigenvalue weighted by molar-refractivity contribution is -0.135. The van der Waals surface area contributed by atoms with Crippen molar-refractivity contribution in [3.63, 3.8) is 0 Å². The Balaban J connectivity index is 1.54. The number of likely N-dealkylation sites (tertiary alicyclic amines) is 1. The van der Waals surface area contributed by atoms with Crippen molar-refractivity contribution in [2.45, 2.75) is 31.8 Å². The summed E-state index contributed by atoms with van der Waals surface area (Å²) in [5.74, 6) is 2.07. The minimum Gasteiger partial charge on any atom is -0.497 e. The molecule has 2 unspecified atom stereocenters. The molecule has 1 aromatic carbocycles. The zero-order valence-electron chi connectivity index (χ0n) is 20.4. The van der Waals surface area contributed by atoms with Crippen LogP contribution in [-0.2, 0) is 4.79 Å². The van der Waals surface area contributed by atoms with E-state index in [1.807, 2.05) is 24.1 Å². The zero-order valence-corrected chi connectivity index (χ0v) is 20.4. The number of aliphatic imine (C=N–C) groups is 1. The predicted molar refractivity (Wildman–Crippen MR) is 129 cm³/mol. The van der Waals surface area contributed by atoms with Crippen molar-refractivity contribution < 1.29 is 9.53 Å². The van der Waals surface area contributed by atoms with Crippen LogP contribution in [0.4, 0.5) is 0 Å². The van der Waals surface area contributed by atoms with E-state index in [-0.39, 0.29) is 18.0 Å². The van der Waals surface area contributed by atoms with E-state index in [1.54, 1.807) is 7.11 Å². The summed E-state index contributed by atoms with van der Waals surface area (Å²) >= 11 is 0. The molecule has 2 fully saturated rings. The SMILES string of the molecule is CN=C(NCC(c1cccc(OC)c1)N(C)C)N1CCN(C(C)C(=O)N2CCCC2)CC1. The van der Waals surface area contributed by atoms with Crippen LogP contribution in [0.1, 0.15) is 31.4 Å². The zero-order chi connectivity index (χ0) is 23.1. The number of nitrogens with one attached hydrogen (secondary N) is 1. The van der Waals surface area contributed by atoms with E-state index >= 15 is 0 Å². The van der Waals surface area contributed by atoms with Gasteiger partial charge in [0.1, 0.15) is 5.75 Å². The molecule has 1 N–H and O–H groups in total. The van der Waals surface area contributed by atoms with Gasteiger partial charge in [0.05, 0.1) is 19.2 Å². The average molecular weight is 445 g/mol. The summed E-state index contributed by atoms with van der Waals surface area (Å²) in [7, 11) is 7.71. The Morgan fingerprint density at radius 3 is 2.41 bits per heavy atom. The van der Waals surface area contributed by atoms with Crippen LogP contribution < -0.4 is 10.1 Å². The van der Waals surface area contributed by atoms with Crippen LogP contribution in [-0.4, -0.2) is 112 Å². The molecular formula is C24H40N6O2. The number of guanidine groups is 1. The van der Waals surface area contributed by atoms with Gasteiger partial charge in [-0.1, -0.05) is 12.1 Å². The molecule has 1 amide bonds. The molecule has 0 aliphatic carbocycles. The van der Waals surface area contributed by atoms with E-state index < -0.39 is 0 Å². The molecule has 0 saturated carbocycles. The molecule has 0 radical (unpaired) electrons. The average Bonchev–Trinajstić information content (AvgIpc) is 3.36. The van der Waals surface area contributed by atoms with Crippen LogP contribution in [0.3, 0.4) is 0 Å². The van der Waals surface area contributed by atoms with Crippen LogP contribution in [0.5, 0.6) is 5.75 Å². The molecule has 2 aliphatic heterocycles. The summed E-state index contributed by atoms with van der Waals surface area (Å²) in [6, 6.07) is 8.38. The quantitative estimate of drug-likeness (QED) is 0.508. The van der Waals surface area contributed by atoms with Gasteiger partial charge in [0.2, 0.25) is 5.91 Å². The normalized spacial score (nSPS) is 19.9. The molecule has 2 saturated heterocycles. The summed E-state index contributed by atoms with van der Waals surface area (Å²) in [6.07, 6.45) is 2.27. The molecular weight excluding hydrogens is 404 g/mol. The molecule has 0 spiro atoms. The Morgan fingerprint density at radius 1 is 1.12 bits per heavy atom. The third-order valence-electron chi connectivity index (χ3n) is 6.70. The first kappa shape index (κ1) is 24.3. The minimum atomic E-state index is -0.0450. The van der Waals surface area contributed by atoms with Gasteiger partial charge < -0.3 is 24.8 Å². The number of hydrogen-bond acceptors (Lipinski definition) is 5. The molecule has 8 nitrogen and oxygen atoms in total. The van der Waals surface area contributed by atoms with Gasteiger partial charge >= 0.3 is 0 Å². The molecule has 8 heteroatoms. The maximum absolute atomic E-state index is 12.8. The first-order valence-corrected chi connectivity index (χ1v) is 11.7. The highest BCUT2D eigenvalue weighted by Crippen LogP contribution is 2.22. The lowest BCUT2D eigenvalue weighted by atomic mass is 10.1. The van der Waals surface area contributed by atoms with Crippen molar-refractivity contribution in [3.05, 3.63) is 29.8 Å². The number of hydrogen-bond donors (Lipinski definition) is 1. The first-order chi connectivity index (χ1) is 15.4. The third kappa shape index (κ3) is 5.92. The number of methoxy groups -OCH3 is 1. The maximum Gasteiger partial charge on any atom is 0.239 e. The van der Waals surface area contributed by atoms with Crippen molar-refractivity contribution in [1.82, 2.24) is 24.9 Å². The molecule has 0 aromatic heterocycles. The van der Waals surface area contributed by atoms with Gasteiger partial charge in [-0.2, -0.15) is 0 Å². The predicted octanol–water partition coefficient (Wildman–Crippen LogP) is 1.50. The summed E-state index contributed by atoms with van der Waals surface area (Å²) in [5.41, 5.74) is 1.20. The molecule has 0 bridgehead atoms. The van der Waals surface area contributed by atoms with Gasteiger partial charge in [-0.3, -0.25) is 14.7 Å². The molecule has 3 rings (SSSR count). The fourth-order valence-electron chi connectivity index (χ4n) is 4.65. The monoisotopic (exact) mass is 444 g/mol. The summed E-state index contributed by atoms with van der Waals surface area (Å²) in [4.78, 5) is 26.1. The highest BCUT2D eigenvalue weighted by Gasteiger charge is 2.30. The Labute approximate surface area is 193 Å². The highest BCUT2D eigenvalue weighted by atomic mass is 16.5. The Morgan fingerprint density at radius 2 is 1.81 bits per heavy atom. The third-order valence-corrected chi connectivity index (χ3v) is 6.70. The van der Waals surface area contributed by atoms with E-state index in [4.69, 9.17) is 4.74 Å². The number of likely N-dealkylation sites (N-methyl/N-ethyl adjacent to an activating group) is 1. The Bertz CT molecular complexity index is 770. The van der Waals surface area contributed by atoms with Gasteiger partial charge in [0.25, 0.3) is 0 Å². The van der Waals surface area contributed by atoms with Gasteiger partial charge in [-0.25, -0.2) is 0 Å². The first-order valence-electron chi connectivity index (χ1n) is 11.7. The van der Waals surface area contributed by atoms with E-state index in [1.165, 1.54) is 5.56 Å². The number of rotatable bonds is 7. The smallest absolute Gasteiger partial charge is 0.239 e. The van der Waals surface area contributed by atoms with Crippen molar-refractivity contribution in [1.29, 1.82) is 0 Å². The van der Waals surface area contributed by atoms with E-state index in [2.05, 4.69) is 58.2 Å². The van der Waals surface area contributed by atoms with Crippen molar-refractivity contribution in [2.75, 3.05) is 74.1 Å². The number of carbonyl (C=O) groups is 1. The van der Waals surface area contributed by atoms with Crippen LogP contribution in [0.2, 0.25) is 0 Å². The van der Waals surface area contributed by atoms with E-state index in [9.17, 15) is 4.79 Å². The van der Waals surface area contributed by atoms with Crippen LogP contribution in [0, 0.1) is 0 Å². The molecule has 1 aromatic rings. The second kappa shape index (κ2) is 11.5. The summed E-state index contributed by atoms with van der Waals surface area (Å²) in [5, 5.41) is 3.57. The van der Waals surface area contributed by atoms with Gasteiger partial charge in [-0.15, -0.1) is 0 Å². The molecule has 2 aliphatic rings. The summed E-state index contributed by atoms with van der Waals surface area (Å²) < 4.78 is 5.40. The Kier molecular flexibility index (Phi) is 8.75. The molecule has 32 heavy (non-hydrogen) atoms. The largest absolute Gasteiger partial charge is 0.497 e.